The molecule has 1 heterocycles. The van der Waals surface area contributed by atoms with Crippen LogP contribution in [0.4, 0.5) is 5.82 Å². The third-order valence-corrected chi connectivity index (χ3v) is 3.33. The Hall–Kier alpha value is -1.54. The quantitative estimate of drug-likeness (QED) is 0.778. The van der Waals surface area contributed by atoms with Gasteiger partial charge in [-0.2, -0.15) is 0 Å². The van der Waals surface area contributed by atoms with Crippen LogP contribution in [0.5, 0.6) is 0 Å². The number of pyridine rings is 1. The second-order valence-corrected chi connectivity index (χ2v) is 4.67. The monoisotopic (exact) mass is 260 g/mol. The Morgan fingerprint density at radius 2 is 1.83 bits per heavy atom. The summed E-state index contributed by atoms with van der Waals surface area (Å²) >= 11 is 5.94. The predicted molar refractivity (Wildman–Crippen MR) is 77.1 cm³/mol. The second-order valence-electron chi connectivity index (χ2n) is 4.40. The number of hydrogen-bond acceptors (Lipinski definition) is 2. The Labute approximate surface area is 113 Å². The second kappa shape index (κ2) is 5.87. The maximum Gasteiger partial charge on any atom is 0.132 e. The lowest BCUT2D eigenvalue weighted by Crippen LogP contribution is -2.19. The summed E-state index contributed by atoms with van der Waals surface area (Å²) in [5, 5.41) is 0. The third kappa shape index (κ3) is 2.82. The molecule has 0 bridgehead atoms. The summed E-state index contributed by atoms with van der Waals surface area (Å²) in [7, 11) is 2.05. The zero-order valence-corrected chi connectivity index (χ0v) is 11.5. The minimum Gasteiger partial charge on any atom is -0.355 e. The number of halogens is 1. The molecule has 0 saturated carbocycles. The van der Waals surface area contributed by atoms with Gasteiger partial charge in [-0.25, -0.2) is 4.98 Å². The minimum atomic E-state index is 0.487. The van der Waals surface area contributed by atoms with Gasteiger partial charge in [-0.15, -0.1) is 11.6 Å². The van der Waals surface area contributed by atoms with Gasteiger partial charge in [0.25, 0.3) is 0 Å². The van der Waals surface area contributed by atoms with Gasteiger partial charge in [0.2, 0.25) is 0 Å². The molecule has 3 heteroatoms. The largest absolute Gasteiger partial charge is 0.355 e. The van der Waals surface area contributed by atoms with Crippen LogP contribution in [0.1, 0.15) is 16.7 Å². The standard InChI is InChI=1S/C15H17ClN2/c1-12-6-3-4-7-14(12)11-18(2)15-13(10-16)8-5-9-17-15/h3-9H,10-11H2,1-2H3. The number of aromatic nitrogens is 1. The van der Waals surface area contributed by atoms with Gasteiger partial charge in [-0.05, 0) is 24.1 Å². The summed E-state index contributed by atoms with van der Waals surface area (Å²) in [6.07, 6.45) is 1.81. The first-order chi connectivity index (χ1) is 8.72. The van der Waals surface area contributed by atoms with E-state index in [0.29, 0.717) is 5.88 Å². The highest BCUT2D eigenvalue weighted by molar-refractivity contribution is 6.17. The number of hydrogen-bond donors (Lipinski definition) is 0. The summed E-state index contributed by atoms with van der Waals surface area (Å²) in [5.74, 6) is 1.44. The van der Waals surface area contributed by atoms with Crippen molar-refractivity contribution in [3.05, 3.63) is 59.3 Å². The van der Waals surface area contributed by atoms with Gasteiger partial charge < -0.3 is 4.90 Å². The molecule has 0 aliphatic carbocycles. The van der Waals surface area contributed by atoms with Crippen LogP contribution in [0.2, 0.25) is 0 Å². The molecule has 2 rings (SSSR count). The Bertz CT molecular complexity index is 525. The van der Waals surface area contributed by atoms with E-state index in [9.17, 15) is 0 Å². The Kier molecular flexibility index (Phi) is 4.21. The molecule has 0 N–H and O–H groups in total. The number of benzene rings is 1. The van der Waals surface area contributed by atoms with E-state index in [2.05, 4.69) is 41.1 Å². The molecule has 0 saturated heterocycles. The van der Waals surface area contributed by atoms with E-state index in [4.69, 9.17) is 11.6 Å². The molecule has 0 aliphatic heterocycles. The van der Waals surface area contributed by atoms with E-state index < -0.39 is 0 Å². The molecule has 94 valence electrons. The third-order valence-electron chi connectivity index (χ3n) is 3.04. The molecular weight excluding hydrogens is 244 g/mol. The lowest BCUT2D eigenvalue weighted by atomic mass is 10.1. The maximum atomic E-state index is 5.94. The molecule has 0 unspecified atom stereocenters. The van der Waals surface area contributed by atoms with Gasteiger partial charge in [0, 0.05) is 25.4 Å². The highest BCUT2D eigenvalue weighted by Crippen LogP contribution is 2.20. The highest BCUT2D eigenvalue weighted by atomic mass is 35.5. The summed E-state index contributed by atoms with van der Waals surface area (Å²) in [6.45, 7) is 2.97. The molecule has 0 amide bonds. The molecule has 0 atom stereocenters. The lowest BCUT2D eigenvalue weighted by molar-refractivity contribution is 0.882. The molecule has 2 aromatic rings. The molecular formula is C15H17ClN2. The van der Waals surface area contributed by atoms with Crippen LogP contribution < -0.4 is 4.90 Å². The molecule has 0 aliphatic rings. The average Bonchev–Trinajstić information content (AvgIpc) is 2.41. The number of nitrogens with zero attached hydrogens (tertiary/aromatic N) is 2. The van der Waals surface area contributed by atoms with Crippen molar-refractivity contribution in [3.8, 4) is 0 Å². The molecule has 0 spiro atoms. The van der Waals surface area contributed by atoms with Crippen LogP contribution in [0.3, 0.4) is 0 Å². The fourth-order valence-corrected chi connectivity index (χ4v) is 2.20. The van der Waals surface area contributed by atoms with Crippen molar-refractivity contribution in [3.63, 3.8) is 0 Å². The van der Waals surface area contributed by atoms with Crippen molar-refractivity contribution in [2.45, 2.75) is 19.3 Å². The number of alkyl halides is 1. The van der Waals surface area contributed by atoms with Gasteiger partial charge in [0.05, 0.1) is 5.88 Å². The number of anilines is 1. The Morgan fingerprint density at radius 1 is 1.11 bits per heavy atom. The molecule has 18 heavy (non-hydrogen) atoms. The first-order valence-electron chi connectivity index (χ1n) is 5.98. The number of rotatable bonds is 4. The van der Waals surface area contributed by atoms with E-state index in [1.807, 2.05) is 19.2 Å². The zero-order chi connectivity index (χ0) is 13.0. The minimum absolute atomic E-state index is 0.487. The van der Waals surface area contributed by atoms with E-state index in [0.717, 1.165) is 17.9 Å². The van der Waals surface area contributed by atoms with E-state index >= 15 is 0 Å². The molecule has 0 radical (unpaired) electrons. The SMILES string of the molecule is Cc1ccccc1CN(C)c1ncccc1CCl. The maximum absolute atomic E-state index is 5.94. The summed E-state index contributed by atoms with van der Waals surface area (Å²) in [6, 6.07) is 12.3. The van der Waals surface area contributed by atoms with Gasteiger partial charge in [-0.3, -0.25) is 0 Å². The van der Waals surface area contributed by atoms with E-state index in [-0.39, 0.29) is 0 Å². The van der Waals surface area contributed by atoms with Crippen molar-refractivity contribution in [1.29, 1.82) is 0 Å². The van der Waals surface area contributed by atoms with Crippen molar-refractivity contribution in [1.82, 2.24) is 4.98 Å². The van der Waals surface area contributed by atoms with Gasteiger partial charge >= 0.3 is 0 Å². The van der Waals surface area contributed by atoms with Crippen molar-refractivity contribution < 1.29 is 0 Å². The summed E-state index contributed by atoms with van der Waals surface area (Å²) < 4.78 is 0. The van der Waals surface area contributed by atoms with Crippen LogP contribution >= 0.6 is 11.6 Å². The fraction of sp³-hybridized carbons (Fsp3) is 0.267. The first-order valence-corrected chi connectivity index (χ1v) is 6.51. The highest BCUT2D eigenvalue weighted by Gasteiger charge is 2.09. The Balaban J connectivity index is 2.22. The van der Waals surface area contributed by atoms with Crippen LogP contribution in [0.25, 0.3) is 0 Å². The van der Waals surface area contributed by atoms with Crippen LogP contribution in [0.15, 0.2) is 42.6 Å². The van der Waals surface area contributed by atoms with Crippen molar-refractivity contribution in [2.75, 3.05) is 11.9 Å². The van der Waals surface area contributed by atoms with E-state index in [1.165, 1.54) is 11.1 Å². The van der Waals surface area contributed by atoms with Gasteiger partial charge in [-0.1, -0.05) is 30.3 Å². The summed E-state index contributed by atoms with van der Waals surface area (Å²) in [4.78, 5) is 6.56. The van der Waals surface area contributed by atoms with Crippen molar-refractivity contribution in [2.24, 2.45) is 0 Å². The van der Waals surface area contributed by atoms with E-state index in [1.54, 1.807) is 6.20 Å². The molecule has 0 fully saturated rings. The van der Waals surface area contributed by atoms with Crippen LogP contribution in [-0.4, -0.2) is 12.0 Å². The number of aryl methyl sites for hydroxylation is 1. The van der Waals surface area contributed by atoms with Gasteiger partial charge in [0.15, 0.2) is 0 Å². The predicted octanol–water partition coefficient (Wildman–Crippen LogP) is 3.77. The topological polar surface area (TPSA) is 16.1 Å². The fourth-order valence-electron chi connectivity index (χ4n) is 2.00. The van der Waals surface area contributed by atoms with Gasteiger partial charge in [0.1, 0.15) is 5.82 Å². The molecule has 1 aromatic carbocycles. The zero-order valence-electron chi connectivity index (χ0n) is 10.7. The smallest absolute Gasteiger partial charge is 0.132 e. The molecule has 1 aromatic heterocycles. The lowest BCUT2D eigenvalue weighted by Gasteiger charge is -2.21. The Morgan fingerprint density at radius 3 is 2.56 bits per heavy atom. The van der Waals surface area contributed by atoms with Crippen molar-refractivity contribution >= 4 is 17.4 Å². The van der Waals surface area contributed by atoms with Crippen LogP contribution in [-0.2, 0) is 12.4 Å². The summed E-state index contributed by atoms with van der Waals surface area (Å²) in [5.41, 5.74) is 3.68. The molecule has 2 nitrogen and oxygen atoms in total. The van der Waals surface area contributed by atoms with Crippen LogP contribution in [0, 0.1) is 6.92 Å². The first kappa shape index (κ1) is 12.9. The normalized spacial score (nSPS) is 10.4. The average molecular weight is 261 g/mol.